The van der Waals surface area contributed by atoms with E-state index >= 15 is 0 Å². The number of benzene rings is 9. The summed E-state index contributed by atoms with van der Waals surface area (Å²) < 4.78 is 0. The first-order chi connectivity index (χ1) is 23.3. The normalized spacial score (nSPS) is 13.3. The maximum atomic E-state index is 5.10. The molecule has 218 valence electrons. The molecule has 0 fully saturated rings. The quantitative estimate of drug-likeness (QED) is 0.180. The van der Waals surface area contributed by atoms with Crippen molar-refractivity contribution in [1.29, 1.82) is 0 Å². The van der Waals surface area contributed by atoms with Gasteiger partial charge in [-0.2, -0.15) is 0 Å². The van der Waals surface area contributed by atoms with Crippen LogP contribution in [0, 0.1) is 0 Å². The highest BCUT2D eigenvalue weighted by Crippen LogP contribution is 2.46. The van der Waals surface area contributed by atoms with Gasteiger partial charge in [0.1, 0.15) is 0 Å². The minimum atomic E-state index is 0.810. The lowest BCUT2D eigenvalue weighted by Crippen LogP contribution is -2.02. The van der Waals surface area contributed by atoms with E-state index in [4.69, 9.17) is 4.99 Å². The fraction of sp³-hybridized carbons (Fsp3) is 0.0217. The van der Waals surface area contributed by atoms with Gasteiger partial charge in [-0.1, -0.05) is 152 Å². The van der Waals surface area contributed by atoms with Gasteiger partial charge in [-0.3, -0.25) is 4.99 Å². The highest BCUT2D eigenvalue weighted by Gasteiger charge is 2.23. The van der Waals surface area contributed by atoms with Gasteiger partial charge in [0.15, 0.2) is 0 Å². The predicted molar refractivity (Wildman–Crippen MR) is 202 cm³/mol. The van der Waals surface area contributed by atoms with Crippen LogP contribution in [0.3, 0.4) is 0 Å². The Balaban J connectivity index is 1.29. The summed E-state index contributed by atoms with van der Waals surface area (Å²) in [5, 5.41) is 12.8. The topological polar surface area (TPSA) is 12.4 Å². The Labute approximate surface area is 273 Å². The van der Waals surface area contributed by atoms with E-state index in [1.165, 1.54) is 92.8 Å². The van der Waals surface area contributed by atoms with E-state index in [-0.39, 0.29) is 0 Å². The molecule has 0 aromatic heterocycles. The Kier molecular flexibility index (Phi) is 5.70. The van der Waals surface area contributed by atoms with E-state index in [0.717, 1.165) is 12.1 Å². The minimum absolute atomic E-state index is 0.810. The lowest BCUT2D eigenvalue weighted by Gasteiger charge is -2.20. The number of hydrogen-bond donors (Lipinski definition) is 0. The Bertz CT molecular complexity index is 2740. The van der Waals surface area contributed by atoms with Crippen LogP contribution >= 0.6 is 0 Å². The molecule has 0 spiro atoms. The largest absolute Gasteiger partial charge is 0.260 e. The summed E-state index contributed by atoms with van der Waals surface area (Å²) in [5.41, 5.74) is 9.88. The molecule has 1 heteroatoms. The van der Waals surface area contributed by atoms with Crippen LogP contribution in [-0.2, 0) is 0 Å². The number of rotatable bonds is 4. The van der Waals surface area contributed by atoms with Crippen molar-refractivity contribution in [3.63, 3.8) is 0 Å². The lowest BCUT2D eigenvalue weighted by molar-refractivity contribution is 1.48. The number of nitrogens with zero attached hydrogens (tertiary/aromatic N) is 1. The molecule has 9 aromatic carbocycles. The first-order valence-electron chi connectivity index (χ1n) is 16.3. The fourth-order valence-electron chi connectivity index (χ4n) is 7.94. The van der Waals surface area contributed by atoms with Gasteiger partial charge in [0.05, 0.1) is 5.71 Å². The molecule has 0 amide bonds. The van der Waals surface area contributed by atoms with Gasteiger partial charge in [0.2, 0.25) is 0 Å². The zero-order chi connectivity index (χ0) is 30.9. The molecule has 0 atom stereocenters. The zero-order valence-electron chi connectivity index (χ0n) is 25.7. The van der Waals surface area contributed by atoms with Crippen molar-refractivity contribution in [2.45, 2.75) is 6.42 Å². The summed E-state index contributed by atoms with van der Waals surface area (Å²) >= 11 is 0. The molecular weight excluding hydrogens is 567 g/mol. The molecule has 0 bridgehead atoms. The molecule has 0 saturated heterocycles. The SMILES string of the molecule is C1=C(c2ccccc2)CC(c2cc(-c3cccc4ccccc34)c3ccc4ccc(-c5cccc6ccccc56)c5ccc2c3c45)=N1. The monoisotopic (exact) mass is 595 g/mol. The fourth-order valence-corrected chi connectivity index (χ4v) is 7.94. The molecule has 0 aliphatic carbocycles. The van der Waals surface area contributed by atoms with Gasteiger partial charge < -0.3 is 0 Å². The van der Waals surface area contributed by atoms with Gasteiger partial charge in [-0.05, 0) is 93.3 Å². The van der Waals surface area contributed by atoms with Crippen LogP contribution in [0.15, 0.2) is 169 Å². The standard InChI is InChI=1S/C46H29N/c1-2-10-29(11-3-1)33-26-44(47-28-33)43-27-42(37-19-9-15-31-13-5-7-17-35(31)37)40-23-21-32-20-22-38(39-24-25-41(43)46(40)45(32)39)36-18-8-14-30-12-4-6-16-34(30)36/h1-25,27-28H,26H2. The van der Waals surface area contributed by atoms with Gasteiger partial charge in [-0.15, -0.1) is 0 Å². The van der Waals surface area contributed by atoms with E-state index in [2.05, 4.69) is 164 Å². The summed E-state index contributed by atoms with van der Waals surface area (Å²) in [6.45, 7) is 0. The third-order valence-corrected chi connectivity index (χ3v) is 10.1. The van der Waals surface area contributed by atoms with Crippen LogP contribution in [0.25, 0.3) is 81.7 Å². The lowest BCUT2D eigenvalue weighted by atomic mass is 9.83. The smallest absolute Gasteiger partial charge is 0.0527 e. The van der Waals surface area contributed by atoms with Crippen molar-refractivity contribution >= 4 is 65.1 Å². The van der Waals surface area contributed by atoms with Crippen LogP contribution in [0.1, 0.15) is 17.5 Å². The molecule has 1 aliphatic rings. The highest BCUT2D eigenvalue weighted by molar-refractivity contribution is 6.32. The third kappa shape index (κ3) is 4.00. The average molecular weight is 596 g/mol. The van der Waals surface area contributed by atoms with Crippen LogP contribution in [0.4, 0.5) is 0 Å². The molecule has 1 heterocycles. The van der Waals surface area contributed by atoms with Crippen molar-refractivity contribution in [2.24, 2.45) is 4.99 Å². The van der Waals surface area contributed by atoms with Gasteiger partial charge in [-0.25, -0.2) is 0 Å². The first-order valence-corrected chi connectivity index (χ1v) is 16.3. The molecule has 0 unspecified atom stereocenters. The van der Waals surface area contributed by atoms with Crippen LogP contribution < -0.4 is 0 Å². The molecule has 1 aliphatic heterocycles. The van der Waals surface area contributed by atoms with Crippen molar-refractivity contribution < 1.29 is 0 Å². The summed E-state index contributed by atoms with van der Waals surface area (Å²) in [6, 6.07) is 57.8. The molecule has 9 aromatic rings. The molecule has 0 N–H and O–H groups in total. The summed E-state index contributed by atoms with van der Waals surface area (Å²) in [6.07, 6.45) is 2.88. The zero-order valence-corrected chi connectivity index (χ0v) is 25.7. The van der Waals surface area contributed by atoms with E-state index < -0.39 is 0 Å². The average Bonchev–Trinajstić information content (AvgIpc) is 3.64. The number of fused-ring (bicyclic) bond motifs is 2. The Morgan fingerprint density at radius 1 is 0.362 bits per heavy atom. The second-order valence-electron chi connectivity index (χ2n) is 12.7. The highest BCUT2D eigenvalue weighted by atomic mass is 14.7. The molecule has 0 radical (unpaired) electrons. The number of hydrogen-bond acceptors (Lipinski definition) is 1. The Hall–Kier alpha value is -6.05. The van der Waals surface area contributed by atoms with Crippen molar-refractivity contribution in [3.8, 4) is 22.3 Å². The Morgan fingerprint density at radius 3 is 1.66 bits per heavy atom. The van der Waals surface area contributed by atoms with Gasteiger partial charge in [0, 0.05) is 18.2 Å². The first kappa shape index (κ1) is 26.2. The second-order valence-corrected chi connectivity index (χ2v) is 12.7. The Morgan fingerprint density at radius 2 is 0.915 bits per heavy atom. The third-order valence-electron chi connectivity index (χ3n) is 10.1. The van der Waals surface area contributed by atoms with E-state index in [1.807, 2.05) is 0 Å². The number of aliphatic imine (C=N–C) groups is 1. The molecule has 0 saturated carbocycles. The summed E-state index contributed by atoms with van der Waals surface area (Å²) in [5.74, 6) is 0. The van der Waals surface area contributed by atoms with Gasteiger partial charge in [0.25, 0.3) is 0 Å². The maximum Gasteiger partial charge on any atom is 0.0527 e. The molecular formula is C46H29N. The summed E-state index contributed by atoms with van der Waals surface area (Å²) in [4.78, 5) is 5.10. The predicted octanol–water partition coefficient (Wildman–Crippen LogP) is 12.5. The van der Waals surface area contributed by atoms with Crippen molar-refractivity contribution in [2.75, 3.05) is 0 Å². The van der Waals surface area contributed by atoms with Gasteiger partial charge >= 0.3 is 0 Å². The second kappa shape index (κ2) is 10.2. The van der Waals surface area contributed by atoms with E-state index in [0.29, 0.717) is 0 Å². The minimum Gasteiger partial charge on any atom is -0.260 e. The van der Waals surface area contributed by atoms with E-state index in [1.54, 1.807) is 0 Å². The summed E-state index contributed by atoms with van der Waals surface area (Å²) in [7, 11) is 0. The molecule has 47 heavy (non-hydrogen) atoms. The molecule has 10 rings (SSSR count). The van der Waals surface area contributed by atoms with Crippen LogP contribution in [0.5, 0.6) is 0 Å². The van der Waals surface area contributed by atoms with Crippen LogP contribution in [0.2, 0.25) is 0 Å². The van der Waals surface area contributed by atoms with Crippen LogP contribution in [-0.4, -0.2) is 5.71 Å². The van der Waals surface area contributed by atoms with E-state index in [9.17, 15) is 0 Å². The maximum absolute atomic E-state index is 5.10. The number of allylic oxidation sites excluding steroid dienone is 1. The van der Waals surface area contributed by atoms with Crippen molar-refractivity contribution in [1.82, 2.24) is 0 Å². The van der Waals surface area contributed by atoms with Crippen molar-refractivity contribution in [3.05, 3.63) is 175 Å². The molecule has 1 nitrogen and oxygen atoms in total.